The van der Waals surface area contributed by atoms with Crippen LogP contribution in [0.2, 0.25) is 0 Å². The van der Waals surface area contributed by atoms with E-state index < -0.39 is 0 Å². The maximum atomic E-state index is 3.35. The van der Waals surface area contributed by atoms with Gasteiger partial charge in [0.05, 0.1) is 23.8 Å². The Hall–Kier alpha value is -3.76. The predicted octanol–water partition coefficient (Wildman–Crippen LogP) is 5.35. The molecule has 4 aromatic rings. The van der Waals surface area contributed by atoms with E-state index in [0.29, 0.717) is 0 Å². The number of nitrogens with zero attached hydrogens (tertiary/aromatic N) is 4. The first-order valence-corrected chi connectivity index (χ1v) is 15.8. The fourth-order valence-corrected chi connectivity index (χ4v) is 5.85. The molecule has 0 aliphatic carbocycles. The van der Waals surface area contributed by atoms with Crippen LogP contribution in [0.4, 0.5) is 34.4 Å². The highest BCUT2D eigenvalue weighted by atomic mass is 33.1. The number of rotatable bonds is 15. The van der Waals surface area contributed by atoms with Gasteiger partial charge in [-0.15, -0.1) is 0 Å². The fraction of sp³-hybridized carbons (Fsp3) is 0.267. The molecule has 0 saturated carbocycles. The zero-order chi connectivity index (χ0) is 28.2. The zero-order valence-corrected chi connectivity index (χ0v) is 25.3. The fourth-order valence-electron chi connectivity index (χ4n) is 3.92. The van der Waals surface area contributed by atoms with Gasteiger partial charge in [-0.25, -0.2) is 20.0 Å². The van der Waals surface area contributed by atoms with Gasteiger partial charge in [-0.05, 0) is 60.7 Å². The van der Waals surface area contributed by atoms with Crippen molar-refractivity contribution in [2.75, 3.05) is 71.2 Å². The number of benzene rings is 2. The van der Waals surface area contributed by atoms with Gasteiger partial charge in [0.25, 0.3) is 11.6 Å². The van der Waals surface area contributed by atoms with Crippen LogP contribution in [0.5, 0.6) is 0 Å². The third-order valence-electron chi connectivity index (χ3n) is 6.23. The molecule has 8 nitrogen and oxygen atoms in total. The number of pyridine rings is 2. The molecule has 210 valence electrons. The molecular weight excluding hydrogens is 537 g/mol. The lowest BCUT2D eigenvalue weighted by Crippen LogP contribution is -2.39. The minimum atomic E-state index is 0.921. The first-order chi connectivity index (χ1) is 19.5. The second-order valence-electron chi connectivity index (χ2n) is 9.59. The van der Waals surface area contributed by atoms with Crippen LogP contribution in [0.1, 0.15) is 0 Å². The van der Waals surface area contributed by atoms with Crippen molar-refractivity contribution in [3.8, 4) is 0 Å². The van der Waals surface area contributed by atoms with Gasteiger partial charge in [0.2, 0.25) is 0 Å². The summed E-state index contributed by atoms with van der Waals surface area (Å²) < 4.78 is 4.47. The van der Waals surface area contributed by atoms with E-state index in [4.69, 9.17) is 0 Å². The lowest BCUT2D eigenvalue weighted by atomic mass is 10.3. The number of hydrazine groups is 2. The standard InChI is InChI=1S/C30H38N8S2/c1-35(2)27-15-11-25(12-16-27)31-33-29-9-5-7-19-37(29)21-23-39-40-24-22-38-20-8-6-10-30(38)34-32-26-13-17-28(18-14-26)36(3)4/h5-20,31-32H,21-24H2,1-4H3/p+2. The Morgan fingerprint density at radius 3 is 1.30 bits per heavy atom. The van der Waals surface area contributed by atoms with Crippen molar-refractivity contribution in [1.82, 2.24) is 0 Å². The number of aromatic nitrogens is 2. The van der Waals surface area contributed by atoms with E-state index in [2.05, 4.69) is 126 Å². The summed E-state index contributed by atoms with van der Waals surface area (Å²) in [5.74, 6) is 4.09. The van der Waals surface area contributed by atoms with Gasteiger partial charge in [-0.2, -0.15) is 10.9 Å². The number of aryl methyl sites for hydroxylation is 2. The van der Waals surface area contributed by atoms with Crippen molar-refractivity contribution in [3.63, 3.8) is 0 Å². The smallest absolute Gasteiger partial charge is 0.297 e. The summed E-state index contributed by atoms with van der Waals surface area (Å²) in [6.07, 6.45) is 4.23. The van der Waals surface area contributed by atoms with E-state index in [9.17, 15) is 0 Å². The Morgan fingerprint density at radius 1 is 0.525 bits per heavy atom. The first-order valence-electron chi connectivity index (χ1n) is 13.3. The summed E-state index contributed by atoms with van der Waals surface area (Å²) in [5, 5.41) is 0. The van der Waals surface area contributed by atoms with E-state index >= 15 is 0 Å². The van der Waals surface area contributed by atoms with Crippen molar-refractivity contribution < 1.29 is 9.13 Å². The summed E-state index contributed by atoms with van der Waals surface area (Å²) in [6, 6.07) is 29.1. The van der Waals surface area contributed by atoms with Crippen LogP contribution in [0, 0.1) is 0 Å². The van der Waals surface area contributed by atoms with E-state index in [0.717, 1.165) is 47.6 Å². The van der Waals surface area contributed by atoms with Crippen molar-refractivity contribution >= 4 is 56.0 Å². The Balaban J connectivity index is 1.18. The van der Waals surface area contributed by atoms with E-state index in [1.165, 1.54) is 11.4 Å². The maximum Gasteiger partial charge on any atom is 0.297 e. The lowest BCUT2D eigenvalue weighted by Gasteiger charge is -2.13. The van der Waals surface area contributed by atoms with Crippen molar-refractivity contribution in [2.45, 2.75) is 13.1 Å². The van der Waals surface area contributed by atoms with Crippen molar-refractivity contribution in [3.05, 3.63) is 97.3 Å². The highest BCUT2D eigenvalue weighted by Gasteiger charge is 2.10. The van der Waals surface area contributed by atoms with Gasteiger partial charge in [0, 0.05) is 63.2 Å². The molecule has 10 heteroatoms. The average molecular weight is 577 g/mol. The molecule has 0 aliphatic rings. The molecule has 0 fully saturated rings. The summed E-state index contributed by atoms with van der Waals surface area (Å²) in [7, 11) is 12.0. The molecule has 2 aromatic heterocycles. The molecule has 0 aliphatic heterocycles. The van der Waals surface area contributed by atoms with Gasteiger partial charge in [0.1, 0.15) is 13.1 Å². The molecule has 2 aromatic carbocycles. The third kappa shape index (κ3) is 8.89. The minimum Gasteiger partial charge on any atom is -0.378 e. The van der Waals surface area contributed by atoms with Gasteiger partial charge < -0.3 is 9.80 Å². The van der Waals surface area contributed by atoms with Crippen LogP contribution in [0.15, 0.2) is 97.3 Å². The predicted molar refractivity (Wildman–Crippen MR) is 174 cm³/mol. The third-order valence-corrected chi connectivity index (χ3v) is 8.60. The summed E-state index contributed by atoms with van der Waals surface area (Å²) >= 11 is 0. The molecule has 0 atom stereocenters. The molecular formula is C30H40N8S2+2. The molecule has 4 N–H and O–H groups in total. The lowest BCUT2D eigenvalue weighted by molar-refractivity contribution is -0.678. The summed E-state index contributed by atoms with van der Waals surface area (Å²) in [5.41, 5.74) is 17.7. The van der Waals surface area contributed by atoms with Gasteiger partial charge >= 0.3 is 0 Å². The number of hydrogen-bond acceptors (Lipinski definition) is 8. The van der Waals surface area contributed by atoms with E-state index in [1.54, 1.807) is 0 Å². The van der Waals surface area contributed by atoms with Crippen LogP contribution < -0.4 is 40.6 Å². The number of anilines is 6. The highest BCUT2D eigenvalue weighted by molar-refractivity contribution is 8.76. The molecule has 0 radical (unpaired) electrons. The molecule has 4 rings (SSSR count). The van der Waals surface area contributed by atoms with Crippen LogP contribution >= 0.6 is 21.6 Å². The quantitative estimate of drug-likeness (QED) is 0.0654. The highest BCUT2D eigenvalue weighted by Crippen LogP contribution is 2.21. The van der Waals surface area contributed by atoms with E-state index in [-0.39, 0.29) is 0 Å². The second kappa shape index (κ2) is 15.1. The second-order valence-corrected chi connectivity index (χ2v) is 12.3. The number of hydrogen-bond donors (Lipinski definition) is 4. The Labute approximate surface area is 246 Å². The first kappa shape index (κ1) is 29.2. The van der Waals surface area contributed by atoms with Crippen LogP contribution in [-0.2, 0) is 13.1 Å². The van der Waals surface area contributed by atoms with Crippen molar-refractivity contribution in [2.24, 2.45) is 0 Å². The maximum absolute atomic E-state index is 3.35. The topological polar surface area (TPSA) is 62.4 Å². The van der Waals surface area contributed by atoms with Crippen LogP contribution in [0.3, 0.4) is 0 Å². The van der Waals surface area contributed by atoms with Gasteiger partial charge in [-0.1, -0.05) is 33.7 Å². The monoisotopic (exact) mass is 576 g/mol. The molecule has 2 heterocycles. The van der Waals surface area contributed by atoms with Crippen LogP contribution in [0.25, 0.3) is 0 Å². The minimum absolute atomic E-state index is 0.921. The number of nitrogens with one attached hydrogen (secondary N) is 4. The molecule has 40 heavy (non-hydrogen) atoms. The Bertz CT molecular complexity index is 1210. The van der Waals surface area contributed by atoms with Gasteiger partial charge in [-0.3, -0.25) is 0 Å². The molecule has 0 amide bonds. The zero-order valence-electron chi connectivity index (χ0n) is 23.7. The molecule has 0 unspecified atom stereocenters. The SMILES string of the molecule is CN(C)c1ccc(NNc2cccc[n+]2CCSSCC[n+]2ccccc2NNc2ccc(N(C)C)cc2)cc1. The van der Waals surface area contributed by atoms with Crippen molar-refractivity contribution in [1.29, 1.82) is 0 Å². The molecule has 0 bridgehead atoms. The normalized spacial score (nSPS) is 10.6. The summed E-state index contributed by atoms with van der Waals surface area (Å²) in [6.45, 7) is 1.84. The summed E-state index contributed by atoms with van der Waals surface area (Å²) in [4.78, 5) is 4.19. The molecule has 0 saturated heterocycles. The Kier molecular flexibility index (Phi) is 11.1. The average Bonchev–Trinajstić information content (AvgIpc) is 2.98. The van der Waals surface area contributed by atoms with Crippen LogP contribution in [-0.4, -0.2) is 39.7 Å². The Morgan fingerprint density at radius 2 is 0.925 bits per heavy atom. The molecule has 0 spiro atoms. The van der Waals surface area contributed by atoms with Gasteiger partial charge in [0.15, 0.2) is 0 Å². The largest absolute Gasteiger partial charge is 0.378 e. The van der Waals surface area contributed by atoms with E-state index in [1.807, 2.05) is 61.9 Å².